The number of hydrogen-bond acceptors (Lipinski definition) is 1. The number of carbonyl (C=O) groups is 1. The van der Waals surface area contributed by atoms with Crippen LogP contribution in [-0.4, -0.2) is 11.7 Å². The Kier molecular flexibility index (Phi) is 3.50. The van der Waals surface area contributed by atoms with E-state index in [4.69, 9.17) is 11.6 Å². The molecule has 1 fully saturated rings. The number of carbonyl (C=O) groups excluding carboxylic acids is 1. The highest BCUT2D eigenvalue weighted by atomic mass is 35.5. The molecule has 0 spiro atoms. The lowest BCUT2D eigenvalue weighted by Gasteiger charge is -2.32. The largest absolute Gasteiger partial charge is 0.299 e. The Morgan fingerprint density at radius 3 is 3.07 bits per heavy atom. The predicted molar refractivity (Wildman–Crippen MR) is 63.0 cm³/mol. The first kappa shape index (κ1) is 11.2. The van der Waals surface area contributed by atoms with E-state index in [1.807, 2.05) is 0 Å². The Morgan fingerprint density at radius 1 is 1.53 bits per heavy atom. The van der Waals surface area contributed by atoms with Gasteiger partial charge in [-0.25, -0.2) is 0 Å². The van der Waals surface area contributed by atoms with E-state index in [0.29, 0.717) is 11.7 Å². The first-order chi connectivity index (χ1) is 7.24. The maximum Gasteiger partial charge on any atom is 0.136 e. The topological polar surface area (TPSA) is 17.1 Å². The number of alkyl halides is 1. The predicted octanol–water partition coefficient (Wildman–Crippen LogP) is 3.57. The highest BCUT2D eigenvalue weighted by molar-refractivity contribution is 6.17. The monoisotopic (exact) mass is 226 g/mol. The van der Waals surface area contributed by atoms with Crippen molar-refractivity contribution < 1.29 is 4.79 Å². The number of fused-ring (bicyclic) bond motifs is 1. The van der Waals surface area contributed by atoms with Gasteiger partial charge in [-0.15, -0.1) is 11.6 Å². The molecule has 2 aliphatic rings. The number of Topliss-reactive ketones (excluding diaryl/α,β-unsaturated/α-hetero) is 1. The molecule has 1 unspecified atom stereocenters. The van der Waals surface area contributed by atoms with E-state index in [1.54, 1.807) is 0 Å². The lowest BCUT2D eigenvalue weighted by Crippen LogP contribution is -2.31. The first-order valence-electron chi connectivity index (χ1n) is 6.01. The van der Waals surface area contributed by atoms with Crippen molar-refractivity contribution in [2.75, 3.05) is 5.88 Å². The van der Waals surface area contributed by atoms with E-state index < -0.39 is 0 Å². The summed E-state index contributed by atoms with van der Waals surface area (Å²) in [6.07, 6.45) is 7.63. The molecule has 0 aromatic heterocycles. The molecule has 0 amide bonds. The van der Waals surface area contributed by atoms with E-state index in [9.17, 15) is 4.79 Å². The van der Waals surface area contributed by atoms with E-state index >= 15 is 0 Å². The molecule has 2 heteroatoms. The minimum absolute atomic E-state index is 0.257. The zero-order chi connectivity index (χ0) is 10.8. The van der Waals surface area contributed by atoms with E-state index in [-0.39, 0.29) is 5.92 Å². The highest BCUT2D eigenvalue weighted by Crippen LogP contribution is 2.45. The molecule has 1 saturated carbocycles. The molecule has 0 radical (unpaired) electrons. The Morgan fingerprint density at radius 2 is 2.33 bits per heavy atom. The molecule has 1 nitrogen and oxygen atoms in total. The van der Waals surface area contributed by atoms with Crippen molar-refractivity contribution in [2.45, 2.75) is 39.0 Å². The number of ketones is 1. The van der Waals surface area contributed by atoms with Crippen LogP contribution in [0.2, 0.25) is 0 Å². The van der Waals surface area contributed by atoms with Gasteiger partial charge in [0, 0.05) is 18.2 Å². The van der Waals surface area contributed by atoms with Gasteiger partial charge in [-0.05, 0) is 37.5 Å². The summed E-state index contributed by atoms with van der Waals surface area (Å²) in [4.78, 5) is 11.7. The van der Waals surface area contributed by atoms with E-state index in [1.165, 1.54) is 12.0 Å². The molecular formula is C13H19ClO. The van der Waals surface area contributed by atoms with Crippen LogP contribution in [0.15, 0.2) is 11.6 Å². The fourth-order valence-electron chi connectivity index (χ4n) is 3.21. The van der Waals surface area contributed by atoms with Gasteiger partial charge in [-0.1, -0.05) is 18.6 Å². The van der Waals surface area contributed by atoms with Crippen LogP contribution in [0, 0.1) is 17.8 Å². The molecule has 0 heterocycles. The maximum atomic E-state index is 11.7. The average Bonchev–Trinajstić information content (AvgIpc) is 2.64. The van der Waals surface area contributed by atoms with Crippen LogP contribution < -0.4 is 0 Å². The first-order valence-corrected chi connectivity index (χ1v) is 6.55. The summed E-state index contributed by atoms with van der Waals surface area (Å²) >= 11 is 5.73. The summed E-state index contributed by atoms with van der Waals surface area (Å²) in [5, 5.41) is 0. The van der Waals surface area contributed by atoms with Gasteiger partial charge in [0.25, 0.3) is 0 Å². The second-order valence-corrected chi connectivity index (χ2v) is 5.26. The average molecular weight is 227 g/mol. The SMILES string of the molecule is CC1C(=O)CC[C@H]2CC=C(CCCCl)[C@@H]12. The summed E-state index contributed by atoms with van der Waals surface area (Å²) in [6, 6.07) is 0. The molecule has 0 N–H and O–H groups in total. The van der Waals surface area contributed by atoms with Crippen molar-refractivity contribution in [3.8, 4) is 0 Å². The van der Waals surface area contributed by atoms with Gasteiger partial charge in [-0.3, -0.25) is 4.79 Å². The van der Waals surface area contributed by atoms with E-state index in [2.05, 4.69) is 13.0 Å². The Bertz CT molecular complexity index is 282. The third kappa shape index (κ3) is 2.13. The Hall–Kier alpha value is -0.300. The van der Waals surface area contributed by atoms with Crippen molar-refractivity contribution in [2.24, 2.45) is 17.8 Å². The third-order valence-corrected chi connectivity index (χ3v) is 4.29. The number of allylic oxidation sites excluding steroid dienone is 2. The zero-order valence-electron chi connectivity index (χ0n) is 9.34. The van der Waals surface area contributed by atoms with Crippen LogP contribution in [0.5, 0.6) is 0 Å². The fraction of sp³-hybridized carbons (Fsp3) is 0.769. The second kappa shape index (κ2) is 4.69. The van der Waals surface area contributed by atoms with Crippen LogP contribution in [0.25, 0.3) is 0 Å². The minimum atomic E-state index is 0.257. The summed E-state index contributed by atoms with van der Waals surface area (Å²) < 4.78 is 0. The summed E-state index contributed by atoms with van der Waals surface area (Å²) in [7, 11) is 0. The molecule has 0 bridgehead atoms. The molecule has 0 aromatic rings. The molecule has 0 aromatic carbocycles. The van der Waals surface area contributed by atoms with Gasteiger partial charge >= 0.3 is 0 Å². The molecular weight excluding hydrogens is 208 g/mol. The summed E-state index contributed by atoms with van der Waals surface area (Å²) in [5.74, 6) is 2.76. The van der Waals surface area contributed by atoms with Crippen molar-refractivity contribution >= 4 is 17.4 Å². The lowest BCUT2D eigenvalue weighted by molar-refractivity contribution is -0.126. The molecule has 0 saturated heterocycles. The highest BCUT2D eigenvalue weighted by Gasteiger charge is 2.39. The van der Waals surface area contributed by atoms with Crippen molar-refractivity contribution in [3.05, 3.63) is 11.6 Å². The summed E-state index contributed by atoms with van der Waals surface area (Å²) in [5.41, 5.74) is 1.52. The Balaban J connectivity index is 2.05. The van der Waals surface area contributed by atoms with Gasteiger partial charge in [0.2, 0.25) is 0 Å². The smallest absolute Gasteiger partial charge is 0.136 e. The second-order valence-electron chi connectivity index (χ2n) is 4.89. The van der Waals surface area contributed by atoms with Crippen molar-refractivity contribution in [1.29, 1.82) is 0 Å². The number of rotatable bonds is 3. The van der Waals surface area contributed by atoms with Crippen LogP contribution in [0.1, 0.15) is 39.0 Å². The van der Waals surface area contributed by atoms with Crippen LogP contribution in [0.3, 0.4) is 0 Å². The minimum Gasteiger partial charge on any atom is -0.299 e. The zero-order valence-corrected chi connectivity index (χ0v) is 10.1. The Labute approximate surface area is 96.9 Å². The van der Waals surface area contributed by atoms with E-state index in [0.717, 1.165) is 37.5 Å². The number of halogens is 1. The molecule has 3 atom stereocenters. The molecule has 2 aliphatic carbocycles. The third-order valence-electron chi connectivity index (χ3n) is 4.03. The summed E-state index contributed by atoms with van der Waals surface area (Å²) in [6.45, 7) is 2.11. The van der Waals surface area contributed by atoms with Crippen molar-refractivity contribution in [1.82, 2.24) is 0 Å². The van der Waals surface area contributed by atoms with Gasteiger partial charge in [0.1, 0.15) is 5.78 Å². The molecule has 0 aliphatic heterocycles. The van der Waals surface area contributed by atoms with Crippen LogP contribution in [-0.2, 0) is 4.79 Å². The maximum absolute atomic E-state index is 11.7. The molecule has 15 heavy (non-hydrogen) atoms. The number of hydrogen-bond donors (Lipinski definition) is 0. The standard InChI is InChI=1S/C13H19ClO/c1-9-12(15)7-6-11-5-4-10(13(9)11)3-2-8-14/h4,9,11,13H,2-3,5-8H2,1H3/t9?,11-,13-/m1/s1. The van der Waals surface area contributed by atoms with Gasteiger partial charge in [0.05, 0.1) is 0 Å². The molecule has 84 valence electrons. The quantitative estimate of drug-likeness (QED) is 0.531. The fourth-order valence-corrected chi connectivity index (χ4v) is 3.34. The van der Waals surface area contributed by atoms with Crippen molar-refractivity contribution in [3.63, 3.8) is 0 Å². The lowest BCUT2D eigenvalue weighted by atomic mass is 9.71. The van der Waals surface area contributed by atoms with Crippen LogP contribution >= 0.6 is 11.6 Å². The van der Waals surface area contributed by atoms with Gasteiger partial charge in [0.15, 0.2) is 0 Å². The normalized spacial score (nSPS) is 35.2. The van der Waals surface area contributed by atoms with Crippen LogP contribution in [0.4, 0.5) is 0 Å². The van der Waals surface area contributed by atoms with Gasteiger partial charge in [-0.2, -0.15) is 0 Å². The van der Waals surface area contributed by atoms with Gasteiger partial charge < -0.3 is 0 Å². The molecule has 2 rings (SSSR count).